The van der Waals surface area contributed by atoms with Gasteiger partial charge in [0.15, 0.2) is 11.2 Å². The Morgan fingerprint density at radius 3 is 1.86 bits per heavy atom. The minimum absolute atomic E-state index is 0.382. The summed E-state index contributed by atoms with van der Waals surface area (Å²) in [5.74, 6) is 7.33. The van der Waals surface area contributed by atoms with Gasteiger partial charge in [-0.25, -0.2) is 9.78 Å². The second-order valence-corrected chi connectivity index (χ2v) is 8.02. The lowest BCUT2D eigenvalue weighted by atomic mass is 9.86. The van der Waals surface area contributed by atoms with E-state index < -0.39 is 11.2 Å². The fourth-order valence-electron chi connectivity index (χ4n) is 2.63. The zero-order chi connectivity index (χ0) is 21.5. The normalized spacial score (nSPS) is 13.9. The molecule has 0 aliphatic rings. The van der Waals surface area contributed by atoms with Crippen LogP contribution in [0.5, 0.6) is 5.75 Å². The highest BCUT2D eigenvalue weighted by atomic mass is 17.2. The van der Waals surface area contributed by atoms with Crippen LogP contribution in [-0.4, -0.2) is 25.4 Å². The number of rotatable bonds is 8. The van der Waals surface area contributed by atoms with Gasteiger partial charge >= 0.3 is 0 Å². The summed E-state index contributed by atoms with van der Waals surface area (Å²) >= 11 is 0. The first kappa shape index (κ1) is 23.0. The molecule has 0 spiro atoms. The van der Waals surface area contributed by atoms with E-state index in [1.165, 1.54) is 0 Å². The van der Waals surface area contributed by atoms with Gasteiger partial charge in [-0.15, -0.1) is 0 Å². The molecule has 0 N–H and O–H groups in total. The van der Waals surface area contributed by atoms with Gasteiger partial charge in [-0.2, -0.15) is 0 Å². The van der Waals surface area contributed by atoms with E-state index in [1.807, 2.05) is 82.3 Å². The SMILES string of the molecule is CCC(C)(C)OOC(C)(C)C#CC(OC)(c1ccccc1)c1ccc(OC)cc1. The first-order chi connectivity index (χ1) is 13.7. The Bertz CT molecular complexity index is 829. The van der Waals surface area contributed by atoms with Crippen molar-refractivity contribution in [2.75, 3.05) is 14.2 Å². The quantitative estimate of drug-likeness (QED) is 0.335. The highest BCUT2D eigenvalue weighted by Gasteiger charge is 2.34. The zero-order valence-corrected chi connectivity index (χ0v) is 18.5. The van der Waals surface area contributed by atoms with Crippen LogP contribution >= 0.6 is 0 Å². The second kappa shape index (κ2) is 9.45. The predicted octanol–water partition coefficient (Wildman–Crippen LogP) is 5.50. The minimum Gasteiger partial charge on any atom is -0.497 e. The van der Waals surface area contributed by atoms with Gasteiger partial charge < -0.3 is 9.47 Å². The van der Waals surface area contributed by atoms with Crippen LogP contribution in [0.15, 0.2) is 54.6 Å². The fraction of sp³-hybridized carbons (Fsp3) is 0.440. The van der Waals surface area contributed by atoms with Gasteiger partial charge in [0.1, 0.15) is 5.75 Å². The van der Waals surface area contributed by atoms with Gasteiger partial charge in [0.2, 0.25) is 0 Å². The van der Waals surface area contributed by atoms with Gasteiger partial charge in [0, 0.05) is 18.2 Å². The Hall–Kier alpha value is -2.32. The molecule has 0 aliphatic carbocycles. The van der Waals surface area contributed by atoms with Crippen molar-refractivity contribution in [3.63, 3.8) is 0 Å². The first-order valence-electron chi connectivity index (χ1n) is 9.84. The molecule has 0 fully saturated rings. The average Bonchev–Trinajstić information content (AvgIpc) is 2.74. The van der Waals surface area contributed by atoms with Crippen molar-refractivity contribution < 1.29 is 19.2 Å². The Morgan fingerprint density at radius 2 is 1.34 bits per heavy atom. The van der Waals surface area contributed by atoms with Gasteiger partial charge in [-0.1, -0.05) is 61.2 Å². The van der Waals surface area contributed by atoms with E-state index in [1.54, 1.807) is 14.2 Å². The molecule has 0 amide bonds. The van der Waals surface area contributed by atoms with Crippen molar-refractivity contribution in [2.24, 2.45) is 0 Å². The third-order valence-electron chi connectivity index (χ3n) is 4.85. The number of methoxy groups -OCH3 is 2. The monoisotopic (exact) mass is 396 g/mol. The van der Waals surface area contributed by atoms with Crippen LogP contribution in [0, 0.1) is 11.8 Å². The Balaban J connectivity index is 2.47. The van der Waals surface area contributed by atoms with E-state index in [0.29, 0.717) is 0 Å². The van der Waals surface area contributed by atoms with Gasteiger partial charge in [0.05, 0.1) is 12.7 Å². The van der Waals surface area contributed by atoms with E-state index in [2.05, 4.69) is 18.8 Å². The smallest absolute Gasteiger partial charge is 0.179 e. The van der Waals surface area contributed by atoms with Crippen LogP contribution < -0.4 is 4.74 Å². The molecule has 0 radical (unpaired) electrons. The van der Waals surface area contributed by atoms with E-state index in [0.717, 1.165) is 23.3 Å². The predicted molar refractivity (Wildman–Crippen MR) is 116 cm³/mol. The third-order valence-corrected chi connectivity index (χ3v) is 4.85. The highest BCUT2D eigenvalue weighted by Crippen LogP contribution is 2.34. The molecule has 156 valence electrons. The van der Waals surface area contributed by atoms with Crippen LogP contribution in [-0.2, 0) is 20.1 Å². The summed E-state index contributed by atoms with van der Waals surface area (Å²) in [5.41, 5.74) is -0.311. The number of benzene rings is 2. The first-order valence-corrected chi connectivity index (χ1v) is 9.84. The summed E-state index contributed by atoms with van der Waals surface area (Å²) in [6, 6.07) is 17.7. The van der Waals surface area contributed by atoms with Crippen molar-refractivity contribution in [1.29, 1.82) is 0 Å². The molecule has 4 nitrogen and oxygen atoms in total. The molecule has 2 aromatic carbocycles. The van der Waals surface area contributed by atoms with Gasteiger partial charge in [0.25, 0.3) is 0 Å². The molecule has 4 heteroatoms. The highest BCUT2D eigenvalue weighted by molar-refractivity contribution is 5.47. The minimum atomic E-state index is -0.950. The lowest BCUT2D eigenvalue weighted by Gasteiger charge is -2.30. The molecule has 0 heterocycles. The summed E-state index contributed by atoms with van der Waals surface area (Å²) in [5, 5.41) is 0. The average molecular weight is 397 g/mol. The summed E-state index contributed by atoms with van der Waals surface area (Å²) in [4.78, 5) is 11.3. The van der Waals surface area contributed by atoms with Crippen LogP contribution in [0.2, 0.25) is 0 Å². The molecular weight excluding hydrogens is 364 g/mol. The van der Waals surface area contributed by atoms with Crippen molar-refractivity contribution >= 4 is 0 Å². The van der Waals surface area contributed by atoms with Crippen LogP contribution in [0.25, 0.3) is 0 Å². The summed E-state index contributed by atoms with van der Waals surface area (Å²) in [6.45, 7) is 9.78. The Kier molecular flexibility index (Phi) is 7.48. The van der Waals surface area contributed by atoms with Crippen LogP contribution in [0.4, 0.5) is 0 Å². The molecular formula is C25H32O4. The van der Waals surface area contributed by atoms with Crippen molar-refractivity contribution in [2.45, 2.75) is 57.8 Å². The molecule has 0 aliphatic heterocycles. The van der Waals surface area contributed by atoms with E-state index in [-0.39, 0.29) is 5.60 Å². The standard InChI is InChI=1S/C25H32O4/c1-8-23(2,3)28-29-24(4,5)18-19-25(27-7,20-12-10-9-11-13-20)21-14-16-22(26-6)17-15-21/h9-17H,8H2,1-7H3. The molecule has 0 saturated heterocycles. The van der Waals surface area contributed by atoms with E-state index in [9.17, 15) is 0 Å². The lowest BCUT2D eigenvalue weighted by Crippen LogP contribution is -2.33. The third kappa shape index (κ3) is 5.83. The van der Waals surface area contributed by atoms with E-state index in [4.69, 9.17) is 19.2 Å². The fourth-order valence-corrected chi connectivity index (χ4v) is 2.63. The molecule has 2 aromatic rings. The largest absolute Gasteiger partial charge is 0.497 e. The number of hydrogen-bond donors (Lipinski definition) is 0. The zero-order valence-electron chi connectivity index (χ0n) is 18.5. The number of hydrogen-bond acceptors (Lipinski definition) is 4. The maximum atomic E-state index is 6.03. The molecule has 0 aromatic heterocycles. The summed E-state index contributed by atoms with van der Waals surface area (Å²) < 4.78 is 11.3. The van der Waals surface area contributed by atoms with Crippen molar-refractivity contribution in [1.82, 2.24) is 0 Å². The number of ether oxygens (including phenoxy) is 2. The molecule has 1 unspecified atom stereocenters. The summed E-state index contributed by atoms with van der Waals surface area (Å²) in [7, 11) is 3.31. The van der Waals surface area contributed by atoms with Gasteiger partial charge in [-0.05, 0) is 46.2 Å². The second-order valence-electron chi connectivity index (χ2n) is 8.02. The molecule has 2 rings (SSSR count). The molecule has 0 bridgehead atoms. The lowest BCUT2D eigenvalue weighted by molar-refractivity contribution is -0.388. The Labute approximate surface area is 175 Å². The van der Waals surface area contributed by atoms with Crippen molar-refractivity contribution in [3.8, 4) is 17.6 Å². The summed E-state index contributed by atoms with van der Waals surface area (Å²) in [6.07, 6.45) is 0.828. The molecule has 29 heavy (non-hydrogen) atoms. The van der Waals surface area contributed by atoms with Crippen LogP contribution in [0.1, 0.15) is 52.2 Å². The van der Waals surface area contributed by atoms with Gasteiger partial charge in [-0.3, -0.25) is 0 Å². The molecule has 0 saturated carbocycles. The van der Waals surface area contributed by atoms with Crippen LogP contribution in [0.3, 0.4) is 0 Å². The van der Waals surface area contributed by atoms with Crippen molar-refractivity contribution in [3.05, 3.63) is 65.7 Å². The maximum absolute atomic E-state index is 6.03. The van der Waals surface area contributed by atoms with E-state index >= 15 is 0 Å². The molecule has 1 atom stereocenters. The Morgan fingerprint density at radius 1 is 0.759 bits per heavy atom. The maximum Gasteiger partial charge on any atom is 0.179 e. The topological polar surface area (TPSA) is 36.9 Å².